The minimum Gasteiger partial charge on any atom is -0.347 e. The largest absolute Gasteiger partial charge is 0.347 e. The minimum atomic E-state index is -0.0295. The maximum Gasteiger partial charge on any atom is 0.207 e. The third-order valence-corrected chi connectivity index (χ3v) is 3.41. The topological polar surface area (TPSA) is 29.1 Å². The molecule has 0 aliphatic carbocycles. The van der Waals surface area contributed by atoms with Gasteiger partial charge in [0.05, 0.1) is 6.04 Å². The number of hydrogen-bond donors (Lipinski definition) is 1. The smallest absolute Gasteiger partial charge is 0.207 e. The molecule has 1 atom stereocenters. The van der Waals surface area contributed by atoms with E-state index in [1.807, 2.05) is 17.5 Å². The van der Waals surface area contributed by atoms with Crippen molar-refractivity contribution in [2.45, 2.75) is 13.0 Å². The standard InChI is InChI=1S/C13H13NOS/c1-10-4-6-11(7-5-10)13(14-9-15)12-3-2-8-16-12/h2-9,13H,1H3,(H,14,15). The summed E-state index contributed by atoms with van der Waals surface area (Å²) < 4.78 is 0. The van der Waals surface area contributed by atoms with Gasteiger partial charge in [0.2, 0.25) is 6.41 Å². The summed E-state index contributed by atoms with van der Waals surface area (Å²) in [7, 11) is 0. The molecule has 1 amide bonds. The van der Waals surface area contributed by atoms with Crippen LogP contribution in [0.5, 0.6) is 0 Å². The first-order valence-corrected chi connectivity index (χ1v) is 5.99. The number of carbonyl (C=O) groups is 1. The Kier molecular flexibility index (Phi) is 3.37. The zero-order valence-corrected chi connectivity index (χ0v) is 9.83. The van der Waals surface area contributed by atoms with Gasteiger partial charge in [0.15, 0.2) is 0 Å². The third-order valence-electron chi connectivity index (χ3n) is 2.47. The van der Waals surface area contributed by atoms with E-state index in [9.17, 15) is 4.79 Å². The third kappa shape index (κ3) is 2.31. The maximum absolute atomic E-state index is 10.6. The van der Waals surface area contributed by atoms with Gasteiger partial charge in [-0.1, -0.05) is 35.9 Å². The summed E-state index contributed by atoms with van der Waals surface area (Å²) >= 11 is 1.65. The Morgan fingerprint density at radius 3 is 2.56 bits per heavy atom. The van der Waals surface area contributed by atoms with Crippen LogP contribution in [-0.2, 0) is 4.79 Å². The van der Waals surface area contributed by atoms with Crippen molar-refractivity contribution < 1.29 is 4.79 Å². The van der Waals surface area contributed by atoms with Gasteiger partial charge in [-0.05, 0) is 23.9 Å². The minimum absolute atomic E-state index is 0.0295. The Bertz CT molecular complexity index is 447. The van der Waals surface area contributed by atoms with Crippen molar-refractivity contribution in [1.29, 1.82) is 0 Å². The van der Waals surface area contributed by atoms with E-state index in [1.165, 1.54) is 5.56 Å². The molecule has 1 heterocycles. The van der Waals surface area contributed by atoms with Crippen molar-refractivity contribution in [2.75, 3.05) is 0 Å². The Morgan fingerprint density at radius 2 is 2.00 bits per heavy atom. The van der Waals surface area contributed by atoms with Crippen LogP contribution in [0.4, 0.5) is 0 Å². The molecule has 1 N–H and O–H groups in total. The number of benzene rings is 1. The number of hydrogen-bond acceptors (Lipinski definition) is 2. The van der Waals surface area contributed by atoms with E-state index < -0.39 is 0 Å². The van der Waals surface area contributed by atoms with Gasteiger partial charge in [0.1, 0.15) is 0 Å². The summed E-state index contributed by atoms with van der Waals surface area (Å²) in [6.45, 7) is 2.05. The number of carbonyl (C=O) groups excluding carboxylic acids is 1. The molecule has 82 valence electrons. The van der Waals surface area contributed by atoms with Crippen molar-refractivity contribution in [3.05, 3.63) is 57.8 Å². The number of nitrogens with one attached hydrogen (secondary N) is 1. The lowest BCUT2D eigenvalue weighted by Crippen LogP contribution is -2.19. The Hall–Kier alpha value is -1.61. The predicted octanol–water partition coefficient (Wildman–Crippen LogP) is 2.89. The summed E-state index contributed by atoms with van der Waals surface area (Å²) in [5.74, 6) is 0. The van der Waals surface area contributed by atoms with E-state index in [0.29, 0.717) is 0 Å². The first-order valence-electron chi connectivity index (χ1n) is 5.11. The average molecular weight is 231 g/mol. The Labute approximate surface area is 98.9 Å². The molecule has 0 fully saturated rings. The highest BCUT2D eigenvalue weighted by Crippen LogP contribution is 2.25. The van der Waals surface area contributed by atoms with Crippen molar-refractivity contribution in [1.82, 2.24) is 5.32 Å². The van der Waals surface area contributed by atoms with E-state index >= 15 is 0 Å². The fraction of sp³-hybridized carbons (Fsp3) is 0.154. The summed E-state index contributed by atoms with van der Waals surface area (Å²) in [5, 5.41) is 4.87. The normalized spacial score (nSPS) is 12.1. The predicted molar refractivity (Wildman–Crippen MR) is 66.5 cm³/mol. The van der Waals surface area contributed by atoms with E-state index in [-0.39, 0.29) is 6.04 Å². The second-order valence-corrected chi connectivity index (χ2v) is 4.62. The molecule has 0 aliphatic rings. The Balaban J connectivity index is 2.32. The molecule has 3 heteroatoms. The zero-order valence-electron chi connectivity index (χ0n) is 9.01. The lowest BCUT2D eigenvalue weighted by Gasteiger charge is -2.15. The van der Waals surface area contributed by atoms with Crippen LogP contribution >= 0.6 is 11.3 Å². The zero-order chi connectivity index (χ0) is 11.4. The van der Waals surface area contributed by atoms with Crippen LogP contribution in [0.2, 0.25) is 0 Å². The average Bonchev–Trinajstić information content (AvgIpc) is 2.81. The second-order valence-electron chi connectivity index (χ2n) is 3.64. The van der Waals surface area contributed by atoms with Crippen molar-refractivity contribution >= 4 is 17.7 Å². The Morgan fingerprint density at radius 1 is 1.25 bits per heavy atom. The molecule has 0 saturated carbocycles. The molecule has 2 aromatic rings. The first-order chi connectivity index (χ1) is 7.81. The highest BCUT2D eigenvalue weighted by Gasteiger charge is 2.13. The van der Waals surface area contributed by atoms with Gasteiger partial charge in [-0.2, -0.15) is 0 Å². The molecule has 0 spiro atoms. The lowest BCUT2D eigenvalue weighted by molar-refractivity contribution is -0.109. The number of thiophene rings is 1. The molecule has 1 aromatic heterocycles. The van der Waals surface area contributed by atoms with Gasteiger partial charge in [-0.3, -0.25) is 4.79 Å². The molecular formula is C13H13NOS. The molecule has 0 saturated heterocycles. The molecule has 1 aromatic carbocycles. The molecule has 0 aliphatic heterocycles. The summed E-state index contributed by atoms with van der Waals surface area (Å²) in [4.78, 5) is 11.8. The van der Waals surface area contributed by atoms with Gasteiger partial charge in [-0.15, -0.1) is 11.3 Å². The highest BCUT2D eigenvalue weighted by atomic mass is 32.1. The van der Waals surface area contributed by atoms with E-state index in [4.69, 9.17) is 0 Å². The SMILES string of the molecule is Cc1ccc(C(NC=O)c2cccs2)cc1. The van der Waals surface area contributed by atoms with Gasteiger partial charge in [-0.25, -0.2) is 0 Å². The van der Waals surface area contributed by atoms with Gasteiger partial charge in [0, 0.05) is 4.88 Å². The van der Waals surface area contributed by atoms with Crippen LogP contribution in [0.15, 0.2) is 41.8 Å². The highest BCUT2D eigenvalue weighted by molar-refractivity contribution is 7.10. The van der Waals surface area contributed by atoms with Crippen molar-refractivity contribution in [2.24, 2.45) is 0 Å². The summed E-state index contributed by atoms with van der Waals surface area (Å²) in [6.07, 6.45) is 0.754. The molecule has 16 heavy (non-hydrogen) atoms. The lowest BCUT2D eigenvalue weighted by atomic mass is 10.0. The van der Waals surface area contributed by atoms with Crippen LogP contribution in [0.1, 0.15) is 22.0 Å². The second kappa shape index (κ2) is 4.94. The number of amides is 1. The van der Waals surface area contributed by atoms with Gasteiger partial charge < -0.3 is 5.32 Å². The first kappa shape index (κ1) is 10.9. The molecular weight excluding hydrogens is 218 g/mol. The fourth-order valence-electron chi connectivity index (χ4n) is 1.63. The number of aryl methyl sites for hydroxylation is 1. The molecule has 2 nitrogen and oxygen atoms in total. The van der Waals surface area contributed by atoms with Gasteiger partial charge in [0.25, 0.3) is 0 Å². The van der Waals surface area contributed by atoms with E-state index in [1.54, 1.807) is 11.3 Å². The maximum atomic E-state index is 10.6. The van der Waals surface area contributed by atoms with E-state index in [0.717, 1.165) is 16.9 Å². The molecule has 1 unspecified atom stereocenters. The van der Waals surface area contributed by atoms with Crippen molar-refractivity contribution in [3.8, 4) is 0 Å². The van der Waals surface area contributed by atoms with Crippen LogP contribution in [-0.4, -0.2) is 6.41 Å². The summed E-state index contributed by atoms with van der Waals surface area (Å²) in [6, 6.07) is 12.2. The van der Waals surface area contributed by atoms with Gasteiger partial charge >= 0.3 is 0 Å². The van der Waals surface area contributed by atoms with Crippen LogP contribution < -0.4 is 5.32 Å². The van der Waals surface area contributed by atoms with E-state index in [2.05, 4.69) is 36.5 Å². The van der Waals surface area contributed by atoms with Crippen LogP contribution in [0.3, 0.4) is 0 Å². The number of rotatable bonds is 4. The summed E-state index contributed by atoms with van der Waals surface area (Å²) in [5.41, 5.74) is 2.33. The monoisotopic (exact) mass is 231 g/mol. The van der Waals surface area contributed by atoms with Crippen LogP contribution in [0, 0.1) is 6.92 Å². The molecule has 0 radical (unpaired) electrons. The fourth-order valence-corrected chi connectivity index (χ4v) is 2.44. The quantitative estimate of drug-likeness (QED) is 0.805. The van der Waals surface area contributed by atoms with Crippen LogP contribution in [0.25, 0.3) is 0 Å². The molecule has 2 rings (SSSR count). The molecule has 0 bridgehead atoms. The van der Waals surface area contributed by atoms with Crippen molar-refractivity contribution in [3.63, 3.8) is 0 Å².